The number of aliphatic carboxylic acids is 1. The summed E-state index contributed by atoms with van der Waals surface area (Å²) in [7, 11) is 0. The minimum atomic E-state index is -4.61. The molecule has 1 aromatic carbocycles. The van der Waals surface area contributed by atoms with E-state index < -0.39 is 41.3 Å². The number of carbonyl (C=O) groups excluding carboxylic acids is 1. The first-order chi connectivity index (χ1) is 12.1. The molecule has 0 aliphatic carbocycles. The third-order valence-corrected chi connectivity index (χ3v) is 4.76. The van der Waals surface area contributed by atoms with E-state index in [4.69, 9.17) is 17.3 Å². The lowest BCUT2D eigenvalue weighted by Gasteiger charge is -2.27. The molecule has 0 spiro atoms. The van der Waals surface area contributed by atoms with Crippen LogP contribution in [0.25, 0.3) is 0 Å². The number of carboxylic acids is 1. The van der Waals surface area contributed by atoms with E-state index in [1.54, 1.807) is 26.8 Å². The van der Waals surface area contributed by atoms with Crippen molar-refractivity contribution in [3.8, 4) is 0 Å². The molecule has 1 rings (SSSR count). The van der Waals surface area contributed by atoms with Crippen LogP contribution < -0.4 is 11.1 Å². The van der Waals surface area contributed by atoms with E-state index in [0.29, 0.717) is 5.56 Å². The lowest BCUT2D eigenvalue weighted by atomic mass is 9.77. The van der Waals surface area contributed by atoms with Crippen molar-refractivity contribution in [2.75, 3.05) is 5.32 Å². The van der Waals surface area contributed by atoms with Gasteiger partial charge in [0.05, 0.1) is 28.6 Å². The zero-order chi connectivity index (χ0) is 21.2. The monoisotopic (exact) mass is 408 g/mol. The SMILES string of the molecule is C[C@H]([C@@H](N)C(=O)Nc1cc(CC(C(=O)O)C(C)(C)C)ccc1Cl)C(F)(F)F. The van der Waals surface area contributed by atoms with Gasteiger partial charge >= 0.3 is 12.1 Å². The molecule has 3 atom stereocenters. The maximum Gasteiger partial charge on any atom is 0.393 e. The van der Waals surface area contributed by atoms with Crippen LogP contribution in [-0.2, 0) is 16.0 Å². The molecule has 9 heteroatoms. The fourth-order valence-electron chi connectivity index (χ4n) is 2.44. The Labute approximate surface area is 161 Å². The van der Waals surface area contributed by atoms with Gasteiger partial charge in [0.25, 0.3) is 0 Å². The first-order valence-electron chi connectivity index (χ1n) is 8.29. The summed E-state index contributed by atoms with van der Waals surface area (Å²) in [5.41, 5.74) is 5.56. The van der Waals surface area contributed by atoms with Crippen molar-refractivity contribution in [1.29, 1.82) is 0 Å². The Balaban J connectivity index is 3.02. The van der Waals surface area contributed by atoms with E-state index in [-0.39, 0.29) is 17.1 Å². The van der Waals surface area contributed by atoms with E-state index in [0.717, 1.165) is 6.92 Å². The summed E-state index contributed by atoms with van der Waals surface area (Å²) in [6, 6.07) is 2.71. The number of anilines is 1. The molecular weight excluding hydrogens is 385 g/mol. The first-order valence-corrected chi connectivity index (χ1v) is 8.66. The van der Waals surface area contributed by atoms with Gasteiger partial charge in [0, 0.05) is 0 Å². The van der Waals surface area contributed by atoms with Gasteiger partial charge in [0.2, 0.25) is 5.91 Å². The number of nitrogens with one attached hydrogen (secondary N) is 1. The fourth-order valence-corrected chi connectivity index (χ4v) is 2.61. The topological polar surface area (TPSA) is 92.4 Å². The van der Waals surface area contributed by atoms with Crippen LogP contribution in [0.2, 0.25) is 5.02 Å². The van der Waals surface area contributed by atoms with Crippen molar-refractivity contribution in [3.63, 3.8) is 0 Å². The molecule has 1 aromatic rings. The van der Waals surface area contributed by atoms with Gasteiger partial charge in [-0.2, -0.15) is 13.2 Å². The molecule has 0 heterocycles. The number of benzene rings is 1. The lowest BCUT2D eigenvalue weighted by Crippen LogP contribution is -2.46. The number of hydrogen-bond donors (Lipinski definition) is 3. The van der Waals surface area contributed by atoms with Crippen molar-refractivity contribution in [2.45, 2.75) is 46.3 Å². The first kappa shape index (κ1) is 23.2. The standard InChI is InChI=1S/C18H24ClF3N2O3/c1-9(18(20,21)22)14(23)15(25)24-13-8-10(5-6-12(13)19)7-11(16(26)27)17(2,3)4/h5-6,8-9,11,14H,7,23H2,1-4H3,(H,24,25)(H,26,27)/t9-,11?,14-/m1/s1. The molecular formula is C18H24ClF3N2O3. The van der Waals surface area contributed by atoms with E-state index in [1.165, 1.54) is 12.1 Å². The van der Waals surface area contributed by atoms with Gasteiger partial charge in [0.15, 0.2) is 0 Å². The molecule has 1 amide bonds. The summed E-state index contributed by atoms with van der Waals surface area (Å²) in [6.07, 6.45) is -4.44. The summed E-state index contributed by atoms with van der Waals surface area (Å²) in [5.74, 6) is -4.72. The van der Waals surface area contributed by atoms with Crippen molar-refractivity contribution < 1.29 is 27.9 Å². The third kappa shape index (κ3) is 6.39. The third-order valence-electron chi connectivity index (χ3n) is 4.43. The van der Waals surface area contributed by atoms with Gasteiger partial charge in [-0.05, 0) is 29.5 Å². The van der Waals surface area contributed by atoms with Crippen LogP contribution in [0.1, 0.15) is 33.3 Å². The zero-order valence-electron chi connectivity index (χ0n) is 15.5. The molecule has 0 aliphatic rings. The van der Waals surface area contributed by atoms with Crippen LogP contribution in [0.15, 0.2) is 18.2 Å². The lowest BCUT2D eigenvalue weighted by molar-refractivity contribution is -0.176. The highest BCUT2D eigenvalue weighted by molar-refractivity contribution is 6.33. The Bertz CT molecular complexity index is 702. The number of amides is 1. The number of hydrogen-bond acceptors (Lipinski definition) is 3. The normalized spacial score (nSPS) is 15.7. The van der Waals surface area contributed by atoms with E-state index >= 15 is 0 Å². The van der Waals surface area contributed by atoms with Crippen molar-refractivity contribution in [1.82, 2.24) is 0 Å². The summed E-state index contributed by atoms with van der Waals surface area (Å²) in [4.78, 5) is 23.6. The van der Waals surface area contributed by atoms with Gasteiger partial charge in [0.1, 0.15) is 0 Å². The Morgan fingerprint density at radius 2 is 1.81 bits per heavy atom. The summed E-state index contributed by atoms with van der Waals surface area (Å²) < 4.78 is 38.2. The highest BCUT2D eigenvalue weighted by Crippen LogP contribution is 2.32. The molecule has 0 bridgehead atoms. The Hall–Kier alpha value is -1.80. The van der Waals surface area contributed by atoms with E-state index in [1.807, 2.05) is 0 Å². The smallest absolute Gasteiger partial charge is 0.393 e. The van der Waals surface area contributed by atoms with Gasteiger partial charge in [-0.25, -0.2) is 0 Å². The molecule has 4 N–H and O–H groups in total. The minimum absolute atomic E-state index is 0.0852. The molecule has 0 aliphatic heterocycles. The number of halogens is 4. The molecule has 0 radical (unpaired) electrons. The van der Waals surface area contributed by atoms with Gasteiger partial charge in [-0.15, -0.1) is 0 Å². The Kier molecular flexibility index (Phi) is 7.30. The molecule has 152 valence electrons. The average Bonchev–Trinajstić information content (AvgIpc) is 2.51. The number of nitrogens with two attached hydrogens (primary N) is 1. The highest BCUT2D eigenvalue weighted by atomic mass is 35.5. The van der Waals surface area contributed by atoms with Crippen LogP contribution in [0.3, 0.4) is 0 Å². The largest absolute Gasteiger partial charge is 0.481 e. The second kappa shape index (κ2) is 8.48. The molecule has 27 heavy (non-hydrogen) atoms. The molecule has 0 fully saturated rings. The summed E-state index contributed by atoms with van der Waals surface area (Å²) >= 11 is 6.01. The number of rotatable bonds is 6. The second-order valence-corrected chi connectivity index (χ2v) is 8.03. The van der Waals surface area contributed by atoms with Crippen LogP contribution in [0, 0.1) is 17.3 Å². The number of alkyl halides is 3. The molecule has 1 unspecified atom stereocenters. The van der Waals surface area contributed by atoms with E-state index in [9.17, 15) is 27.9 Å². The molecule has 5 nitrogen and oxygen atoms in total. The van der Waals surface area contributed by atoms with E-state index in [2.05, 4.69) is 5.32 Å². The highest BCUT2D eigenvalue weighted by Gasteiger charge is 2.42. The summed E-state index contributed by atoms with van der Waals surface area (Å²) in [6.45, 7) is 6.20. The van der Waals surface area contributed by atoms with Crippen LogP contribution in [0.4, 0.5) is 18.9 Å². The van der Waals surface area contributed by atoms with Gasteiger partial charge in [-0.1, -0.05) is 45.4 Å². The molecule has 0 saturated carbocycles. The minimum Gasteiger partial charge on any atom is -0.481 e. The predicted molar refractivity (Wildman–Crippen MR) is 97.6 cm³/mol. The van der Waals surface area contributed by atoms with Crippen LogP contribution >= 0.6 is 11.6 Å². The van der Waals surface area contributed by atoms with Crippen molar-refractivity contribution in [3.05, 3.63) is 28.8 Å². The van der Waals surface area contributed by atoms with Gasteiger partial charge < -0.3 is 16.2 Å². The molecule has 0 aromatic heterocycles. The predicted octanol–water partition coefficient (Wildman–Crippen LogP) is 4.09. The maximum absolute atomic E-state index is 12.7. The van der Waals surface area contributed by atoms with Crippen molar-refractivity contribution in [2.24, 2.45) is 23.0 Å². The zero-order valence-corrected chi connectivity index (χ0v) is 16.3. The number of carboxylic acid groups (broad SMARTS) is 1. The Morgan fingerprint density at radius 1 is 1.26 bits per heavy atom. The quantitative estimate of drug-likeness (QED) is 0.660. The number of carbonyl (C=O) groups is 2. The second-order valence-electron chi connectivity index (χ2n) is 7.62. The maximum atomic E-state index is 12.7. The van der Waals surface area contributed by atoms with Crippen molar-refractivity contribution >= 4 is 29.2 Å². The average molecular weight is 409 g/mol. The summed E-state index contributed by atoms with van der Waals surface area (Å²) in [5, 5.41) is 11.8. The van der Waals surface area contributed by atoms with Gasteiger partial charge in [-0.3, -0.25) is 9.59 Å². The Morgan fingerprint density at radius 3 is 2.26 bits per heavy atom. The molecule has 0 saturated heterocycles. The van der Waals surface area contributed by atoms with Crippen LogP contribution in [-0.4, -0.2) is 29.2 Å². The fraction of sp³-hybridized carbons (Fsp3) is 0.556. The van der Waals surface area contributed by atoms with Crippen LogP contribution in [0.5, 0.6) is 0 Å².